The molecule has 0 N–H and O–H groups in total. The van der Waals surface area contributed by atoms with Gasteiger partial charge in [0.2, 0.25) is 0 Å². The van der Waals surface area contributed by atoms with Gasteiger partial charge in [-0.1, -0.05) is 18.2 Å². The average molecular weight is 308 g/mol. The van der Waals surface area contributed by atoms with Gasteiger partial charge in [-0.2, -0.15) is 5.26 Å². The van der Waals surface area contributed by atoms with E-state index in [9.17, 15) is 23.3 Å². The molecular weight excluding hydrogens is 301 g/mol. The lowest BCUT2D eigenvalue weighted by molar-refractivity contribution is -0.384. The maximum atomic E-state index is 12.4. The van der Waals surface area contributed by atoms with Crippen molar-refractivity contribution in [1.82, 2.24) is 0 Å². The number of non-ortho nitro benzene ring substituents is 1. The van der Waals surface area contributed by atoms with Crippen LogP contribution in [0.15, 0.2) is 42.5 Å². The van der Waals surface area contributed by atoms with Crippen molar-refractivity contribution in [1.29, 1.82) is 5.26 Å². The molecule has 0 aliphatic rings. The maximum Gasteiger partial charge on any atom is 0.573 e. The van der Waals surface area contributed by atoms with Crippen LogP contribution < -0.4 is 4.74 Å². The molecule has 0 fully saturated rings. The molecular formula is C14H7F3N2O3. The first-order chi connectivity index (χ1) is 10.3. The number of alkyl halides is 3. The second-order valence-corrected chi connectivity index (χ2v) is 4.14. The highest BCUT2D eigenvalue weighted by atomic mass is 19.4. The van der Waals surface area contributed by atoms with Crippen molar-refractivity contribution in [2.24, 2.45) is 0 Å². The molecule has 0 aromatic heterocycles. The molecule has 0 saturated heterocycles. The van der Waals surface area contributed by atoms with Gasteiger partial charge in [0.25, 0.3) is 5.69 Å². The Labute approximate surface area is 122 Å². The molecule has 0 bridgehead atoms. The van der Waals surface area contributed by atoms with Crippen LogP contribution in [0.4, 0.5) is 18.9 Å². The van der Waals surface area contributed by atoms with E-state index in [1.165, 1.54) is 24.3 Å². The van der Waals surface area contributed by atoms with E-state index < -0.39 is 17.0 Å². The lowest BCUT2D eigenvalue weighted by Gasteiger charge is -2.13. The quantitative estimate of drug-likeness (QED) is 0.633. The van der Waals surface area contributed by atoms with Crippen LogP contribution in [0.3, 0.4) is 0 Å². The second-order valence-electron chi connectivity index (χ2n) is 4.14. The van der Waals surface area contributed by atoms with E-state index in [0.717, 1.165) is 18.2 Å². The molecule has 22 heavy (non-hydrogen) atoms. The summed E-state index contributed by atoms with van der Waals surface area (Å²) >= 11 is 0. The van der Waals surface area contributed by atoms with Gasteiger partial charge in [-0.05, 0) is 12.1 Å². The van der Waals surface area contributed by atoms with Crippen molar-refractivity contribution in [2.45, 2.75) is 6.36 Å². The monoisotopic (exact) mass is 308 g/mol. The molecule has 0 unspecified atom stereocenters. The van der Waals surface area contributed by atoms with Crippen molar-refractivity contribution >= 4 is 5.69 Å². The summed E-state index contributed by atoms with van der Waals surface area (Å²) in [6.45, 7) is 0. The molecule has 8 heteroatoms. The smallest absolute Gasteiger partial charge is 0.405 e. The number of para-hydroxylation sites is 1. The van der Waals surface area contributed by atoms with E-state index >= 15 is 0 Å². The molecule has 112 valence electrons. The summed E-state index contributed by atoms with van der Waals surface area (Å²) < 4.78 is 41.2. The van der Waals surface area contributed by atoms with Crippen LogP contribution >= 0.6 is 0 Å². The summed E-state index contributed by atoms with van der Waals surface area (Å²) in [7, 11) is 0. The van der Waals surface area contributed by atoms with Crippen LogP contribution in [0, 0.1) is 21.4 Å². The molecule has 0 atom stereocenters. The first-order valence-corrected chi connectivity index (χ1v) is 5.85. The largest absolute Gasteiger partial charge is 0.573 e. The number of nitrogens with zero attached hydrogens (tertiary/aromatic N) is 2. The summed E-state index contributed by atoms with van der Waals surface area (Å²) in [5, 5.41) is 19.8. The van der Waals surface area contributed by atoms with Gasteiger partial charge in [-0.3, -0.25) is 10.1 Å². The molecule has 5 nitrogen and oxygen atoms in total. The molecule has 0 amide bonds. The van der Waals surface area contributed by atoms with Crippen LogP contribution in [0.1, 0.15) is 5.56 Å². The number of hydrogen-bond donors (Lipinski definition) is 0. The number of benzene rings is 2. The van der Waals surface area contributed by atoms with E-state index in [1.54, 1.807) is 6.07 Å². The SMILES string of the molecule is N#Cc1cc([N+](=O)[O-])ccc1-c1ccccc1OC(F)(F)F. The summed E-state index contributed by atoms with van der Waals surface area (Å²) in [6, 6.07) is 10.3. The zero-order chi connectivity index (χ0) is 16.3. The van der Waals surface area contributed by atoms with E-state index in [1.807, 2.05) is 0 Å². The molecule has 0 spiro atoms. The Bertz CT molecular complexity index is 767. The number of nitro groups is 1. The Morgan fingerprint density at radius 2 is 1.82 bits per heavy atom. The standard InChI is InChI=1S/C14H7F3N2O3/c15-14(16,17)22-13-4-2-1-3-12(13)11-6-5-10(19(20)21)7-9(11)8-18/h1-7H. The zero-order valence-corrected chi connectivity index (χ0v) is 10.8. The third-order valence-electron chi connectivity index (χ3n) is 2.74. The van der Waals surface area contributed by atoms with Crippen molar-refractivity contribution < 1.29 is 22.8 Å². The fourth-order valence-electron chi connectivity index (χ4n) is 1.88. The minimum Gasteiger partial charge on any atom is -0.405 e. The molecule has 2 rings (SSSR count). The normalized spacial score (nSPS) is 10.8. The van der Waals surface area contributed by atoms with Gasteiger partial charge in [0.1, 0.15) is 11.8 Å². The van der Waals surface area contributed by atoms with E-state index in [0.29, 0.717) is 0 Å². The van der Waals surface area contributed by atoms with Gasteiger partial charge in [0.05, 0.1) is 10.5 Å². The summed E-state index contributed by atoms with van der Waals surface area (Å²) in [5.41, 5.74) is -0.304. The Morgan fingerprint density at radius 3 is 2.41 bits per heavy atom. The second kappa shape index (κ2) is 5.73. The number of ether oxygens (including phenoxy) is 1. The third kappa shape index (κ3) is 3.32. The number of rotatable bonds is 3. The first-order valence-electron chi connectivity index (χ1n) is 5.85. The van der Waals surface area contributed by atoms with Gasteiger partial charge >= 0.3 is 6.36 Å². The molecule has 0 heterocycles. The molecule has 0 aliphatic carbocycles. The van der Waals surface area contributed by atoms with Crippen LogP contribution in [0.5, 0.6) is 5.75 Å². The van der Waals surface area contributed by atoms with Gasteiger partial charge < -0.3 is 4.74 Å². The Hall–Kier alpha value is -3.08. The van der Waals surface area contributed by atoms with Crippen molar-refractivity contribution in [2.75, 3.05) is 0 Å². The number of hydrogen-bond acceptors (Lipinski definition) is 4. The molecule has 0 saturated carbocycles. The Morgan fingerprint density at radius 1 is 1.14 bits per heavy atom. The molecule has 0 radical (unpaired) electrons. The van der Waals surface area contributed by atoms with Crippen LogP contribution in [-0.4, -0.2) is 11.3 Å². The number of nitro benzene ring substituents is 1. The van der Waals surface area contributed by atoms with Crippen LogP contribution in [-0.2, 0) is 0 Å². The lowest BCUT2D eigenvalue weighted by Crippen LogP contribution is -2.17. The van der Waals surface area contributed by atoms with Gasteiger partial charge in [0, 0.05) is 23.3 Å². The Balaban J connectivity index is 2.58. The Kier molecular flexibility index (Phi) is 3.99. The topological polar surface area (TPSA) is 76.2 Å². The van der Waals surface area contributed by atoms with Crippen LogP contribution in [0.25, 0.3) is 11.1 Å². The highest BCUT2D eigenvalue weighted by molar-refractivity contribution is 5.76. The van der Waals surface area contributed by atoms with Gasteiger partial charge in [-0.15, -0.1) is 13.2 Å². The molecule has 0 aliphatic heterocycles. The highest BCUT2D eigenvalue weighted by Gasteiger charge is 2.32. The fraction of sp³-hybridized carbons (Fsp3) is 0.0714. The molecule has 2 aromatic carbocycles. The van der Waals surface area contributed by atoms with Gasteiger partial charge in [0.15, 0.2) is 0 Å². The number of halogens is 3. The summed E-state index contributed by atoms with van der Waals surface area (Å²) in [5.74, 6) is -0.486. The van der Waals surface area contributed by atoms with E-state index in [2.05, 4.69) is 4.74 Å². The van der Waals surface area contributed by atoms with Crippen LogP contribution in [0.2, 0.25) is 0 Å². The number of nitriles is 1. The van der Waals surface area contributed by atoms with Crippen molar-refractivity contribution in [3.63, 3.8) is 0 Å². The van der Waals surface area contributed by atoms with E-state index in [-0.39, 0.29) is 22.4 Å². The lowest BCUT2D eigenvalue weighted by atomic mass is 9.99. The van der Waals surface area contributed by atoms with Gasteiger partial charge in [-0.25, -0.2) is 0 Å². The maximum absolute atomic E-state index is 12.4. The fourth-order valence-corrected chi connectivity index (χ4v) is 1.88. The average Bonchev–Trinajstić information content (AvgIpc) is 2.45. The highest BCUT2D eigenvalue weighted by Crippen LogP contribution is 2.36. The summed E-state index contributed by atoms with van der Waals surface area (Å²) in [4.78, 5) is 10.0. The molecule has 2 aromatic rings. The first kappa shape index (κ1) is 15.3. The van der Waals surface area contributed by atoms with E-state index in [4.69, 9.17) is 5.26 Å². The minimum absolute atomic E-state index is 0.0197. The third-order valence-corrected chi connectivity index (χ3v) is 2.74. The predicted molar refractivity (Wildman–Crippen MR) is 69.9 cm³/mol. The zero-order valence-electron chi connectivity index (χ0n) is 10.8. The predicted octanol–water partition coefficient (Wildman–Crippen LogP) is 4.03. The summed E-state index contributed by atoms with van der Waals surface area (Å²) in [6.07, 6.45) is -4.89. The minimum atomic E-state index is -4.89. The van der Waals surface area contributed by atoms with Crippen molar-refractivity contribution in [3.05, 3.63) is 58.1 Å². The van der Waals surface area contributed by atoms with Crippen molar-refractivity contribution in [3.8, 4) is 22.9 Å².